The molecule has 1 aliphatic carbocycles. The minimum atomic E-state index is -2.75. The molecule has 1 aliphatic rings. The molecule has 2 unspecified atom stereocenters. The molecule has 4 aromatic rings. The van der Waals surface area contributed by atoms with E-state index in [2.05, 4.69) is 74.9 Å². The van der Waals surface area contributed by atoms with E-state index in [0.29, 0.717) is 6.42 Å². The van der Waals surface area contributed by atoms with Gasteiger partial charge in [0.1, 0.15) is 11.6 Å². The number of aryl methyl sites for hydroxylation is 2. The number of carbonyl (C=O) groups excluding carboxylic acids is 1. The summed E-state index contributed by atoms with van der Waals surface area (Å²) in [5.41, 5.74) is 5.00. The van der Waals surface area contributed by atoms with Crippen LogP contribution >= 0.6 is 12.8 Å². The maximum atomic E-state index is 14.2. The third-order valence-corrected chi connectivity index (χ3v) is 7.37. The number of imidazole rings is 1. The summed E-state index contributed by atoms with van der Waals surface area (Å²) < 4.78 is 44.3. The fourth-order valence-electron chi connectivity index (χ4n) is 5.18. The van der Waals surface area contributed by atoms with Crippen LogP contribution in [0.2, 0.25) is 0 Å². The van der Waals surface area contributed by atoms with Crippen LogP contribution in [0, 0.1) is 18.7 Å². The minimum absolute atomic E-state index is 0.0593. The number of fused-ring (bicyclic) bond motifs is 1. The zero-order chi connectivity index (χ0) is 32.8. The molecule has 0 bridgehead atoms. The fourth-order valence-corrected chi connectivity index (χ4v) is 5.18. The van der Waals surface area contributed by atoms with Crippen molar-refractivity contribution >= 4 is 41.9 Å². The van der Waals surface area contributed by atoms with Crippen LogP contribution in [0.1, 0.15) is 55.0 Å². The number of benzene rings is 3. The monoisotopic (exact) mass is 634 g/mol. The minimum Gasteiger partial charge on any atom is -0.483 e. The smallest absolute Gasteiger partial charge is 0.290 e. The van der Waals surface area contributed by atoms with E-state index in [4.69, 9.17) is 20.4 Å². The summed E-state index contributed by atoms with van der Waals surface area (Å²) in [7, 11) is 3.75. The van der Waals surface area contributed by atoms with Crippen LogP contribution in [0.25, 0.3) is 22.2 Å². The number of carbonyl (C=O) groups is 2. The first kappa shape index (κ1) is 36.3. The second kappa shape index (κ2) is 18.0. The van der Waals surface area contributed by atoms with E-state index in [1.807, 2.05) is 14.0 Å². The number of alkyl halides is 2. The van der Waals surface area contributed by atoms with Gasteiger partial charge in [-0.3, -0.25) is 24.8 Å². The highest BCUT2D eigenvalue weighted by molar-refractivity contribution is 7.78. The number of halogens is 3. The Bertz CT molecular complexity index is 1500. The van der Waals surface area contributed by atoms with E-state index in [9.17, 15) is 18.0 Å². The molecule has 9 nitrogen and oxygen atoms in total. The van der Waals surface area contributed by atoms with Crippen molar-refractivity contribution in [2.24, 2.45) is 13.0 Å². The summed E-state index contributed by atoms with van der Waals surface area (Å²) in [5.74, 6) is -0.161. The highest BCUT2D eigenvalue weighted by atomic mass is 32.1. The highest BCUT2D eigenvalue weighted by Gasteiger charge is 2.29. The van der Waals surface area contributed by atoms with Crippen molar-refractivity contribution in [3.8, 4) is 11.1 Å². The zero-order valence-electron chi connectivity index (χ0n) is 24.5. The summed E-state index contributed by atoms with van der Waals surface area (Å²) in [4.78, 5) is 25.8. The normalized spacial score (nSPS) is 15.6. The van der Waals surface area contributed by atoms with Gasteiger partial charge in [0.15, 0.2) is 0 Å². The Kier molecular flexibility index (Phi) is 14.9. The van der Waals surface area contributed by atoms with Crippen molar-refractivity contribution in [2.45, 2.75) is 45.0 Å². The quantitative estimate of drug-likeness (QED) is 0.0586. The molecule has 0 spiro atoms. The number of nitrogens with one attached hydrogen (secondary N) is 2. The Morgan fingerprint density at radius 1 is 1.07 bits per heavy atom. The van der Waals surface area contributed by atoms with Crippen molar-refractivity contribution in [1.29, 1.82) is 0 Å². The number of anilines is 1. The van der Waals surface area contributed by atoms with Gasteiger partial charge in [-0.15, -0.1) is 0 Å². The largest absolute Gasteiger partial charge is 0.483 e. The lowest BCUT2D eigenvalue weighted by molar-refractivity contribution is -0.176. The van der Waals surface area contributed by atoms with Gasteiger partial charge in [0.25, 0.3) is 12.9 Å². The van der Waals surface area contributed by atoms with Crippen LogP contribution in [0.4, 0.5) is 18.9 Å². The van der Waals surface area contributed by atoms with Crippen LogP contribution in [0.5, 0.6) is 0 Å². The first-order chi connectivity index (χ1) is 21.1. The molecule has 1 fully saturated rings. The Morgan fingerprint density at radius 2 is 1.68 bits per heavy atom. The van der Waals surface area contributed by atoms with Crippen molar-refractivity contribution in [3.63, 3.8) is 0 Å². The van der Waals surface area contributed by atoms with Gasteiger partial charge in [-0.2, -0.15) is 0 Å². The van der Waals surface area contributed by atoms with Crippen molar-refractivity contribution in [3.05, 3.63) is 83.4 Å². The highest BCUT2D eigenvalue weighted by Crippen LogP contribution is 2.38. The summed E-state index contributed by atoms with van der Waals surface area (Å²) in [5, 5.41) is 21.5. The van der Waals surface area contributed by atoms with Gasteiger partial charge in [0.2, 0.25) is 5.91 Å². The van der Waals surface area contributed by atoms with Crippen LogP contribution in [-0.4, -0.2) is 44.6 Å². The number of thiol groups is 1. The van der Waals surface area contributed by atoms with E-state index in [1.165, 1.54) is 11.6 Å². The number of hydrogen-bond donors (Lipinski definition) is 6. The van der Waals surface area contributed by atoms with Gasteiger partial charge in [0, 0.05) is 18.5 Å². The second-order valence-electron chi connectivity index (χ2n) is 9.96. The number of aromatic nitrogens is 2. The Labute approximate surface area is 259 Å². The first-order valence-electron chi connectivity index (χ1n) is 13.6. The van der Waals surface area contributed by atoms with Gasteiger partial charge < -0.3 is 15.0 Å². The van der Waals surface area contributed by atoms with Gasteiger partial charge >= 0.3 is 0 Å². The van der Waals surface area contributed by atoms with E-state index in [-0.39, 0.29) is 29.9 Å². The molecule has 0 saturated heterocycles. The van der Waals surface area contributed by atoms with Crippen LogP contribution in [0.15, 0.2) is 60.7 Å². The average Bonchev–Trinajstić information content (AvgIpc) is 3.32. The molecule has 5 N–H and O–H groups in total. The Hall–Kier alpha value is -3.91. The van der Waals surface area contributed by atoms with Gasteiger partial charge in [-0.25, -0.2) is 18.2 Å². The maximum absolute atomic E-state index is 14.2. The van der Waals surface area contributed by atoms with Crippen molar-refractivity contribution in [2.75, 3.05) is 12.4 Å². The van der Waals surface area contributed by atoms with E-state index >= 15 is 0 Å². The predicted molar refractivity (Wildman–Crippen MR) is 168 cm³/mol. The molecule has 13 heteroatoms. The molecule has 1 heterocycles. The molecule has 1 saturated carbocycles. The number of hydrogen-bond acceptors (Lipinski definition) is 7. The molecular formula is C31H37F3N4O5S. The molecule has 3 aromatic carbocycles. The third kappa shape index (κ3) is 9.55. The summed E-state index contributed by atoms with van der Waals surface area (Å²) in [6.07, 6.45) is 0.519. The van der Waals surface area contributed by atoms with E-state index < -0.39 is 17.8 Å². The summed E-state index contributed by atoms with van der Waals surface area (Å²) in [6, 6.07) is 17.9. The zero-order valence-corrected chi connectivity index (χ0v) is 25.4. The maximum Gasteiger partial charge on any atom is 0.290 e. The molecule has 1 amide bonds. The van der Waals surface area contributed by atoms with Crippen molar-refractivity contribution in [1.82, 2.24) is 14.3 Å². The average molecular weight is 635 g/mol. The number of carboxylic acid groups (broad SMARTS) is 1. The van der Waals surface area contributed by atoms with E-state index in [0.717, 1.165) is 59.4 Å². The van der Waals surface area contributed by atoms with Crippen molar-refractivity contribution < 1.29 is 38.4 Å². The third-order valence-electron chi connectivity index (χ3n) is 7.37. The molecule has 5 rings (SSSR count). The predicted octanol–water partition coefficient (Wildman–Crippen LogP) is 7.31. The lowest BCUT2D eigenvalue weighted by atomic mass is 9.77. The van der Waals surface area contributed by atoms with Gasteiger partial charge in [-0.05, 0) is 80.1 Å². The van der Waals surface area contributed by atoms with Crippen LogP contribution in [-0.2, 0) is 16.6 Å². The number of amides is 1. The topological polar surface area (TPSA) is 137 Å². The second-order valence-corrected chi connectivity index (χ2v) is 10.4. The molecule has 1 aromatic heterocycles. The SMILES string of the molecule is CNS.Cc1nc2cc(-c3ccc(C4CCCC(C(=O)Nc5ccc(C(F)F)cc5F)C4)cc3)ccc2n1C.O=CO.OO. The Morgan fingerprint density at radius 3 is 2.27 bits per heavy atom. The molecule has 2 atom stereocenters. The molecular weight excluding hydrogens is 597 g/mol. The lowest BCUT2D eigenvalue weighted by Gasteiger charge is -2.29. The summed E-state index contributed by atoms with van der Waals surface area (Å²) in [6.45, 7) is 1.74. The Balaban J connectivity index is 0.000000768. The molecule has 238 valence electrons. The van der Waals surface area contributed by atoms with Crippen LogP contribution < -0.4 is 10.0 Å². The van der Waals surface area contributed by atoms with E-state index in [1.54, 1.807) is 7.05 Å². The first-order valence-corrected chi connectivity index (χ1v) is 14.1. The molecule has 44 heavy (non-hydrogen) atoms. The van der Waals surface area contributed by atoms with Gasteiger partial charge in [-0.1, -0.05) is 55.6 Å². The molecule has 0 radical (unpaired) electrons. The summed E-state index contributed by atoms with van der Waals surface area (Å²) >= 11 is 3.54. The van der Waals surface area contributed by atoms with Crippen LogP contribution in [0.3, 0.4) is 0 Å². The number of nitrogens with zero attached hydrogens (tertiary/aromatic N) is 2. The molecule has 0 aliphatic heterocycles. The standard InChI is InChI=1S/C29H28F3N3O.CH5NS.CH2O2.H2O2/c1-17-33-26-16-21(11-13-27(26)35(17)2)19-8-6-18(7-9-19)20-4-3-5-23(14-20)29(36)34-25-12-10-22(28(31)32)15-24(25)30;1-2-3;2-1-3;1-2/h6-13,15-16,20,23,28H,3-5,14H2,1-2H3,(H,34,36);2-3H,1H3;1H,(H,2,3);1-2H. The lowest BCUT2D eigenvalue weighted by Crippen LogP contribution is -2.27. The number of rotatable bonds is 5. The van der Waals surface area contributed by atoms with Gasteiger partial charge in [0.05, 0.1) is 16.7 Å². The fraction of sp³-hybridized carbons (Fsp3) is 0.323.